The van der Waals surface area contributed by atoms with Crippen molar-refractivity contribution in [3.05, 3.63) is 0 Å². The van der Waals surface area contributed by atoms with Crippen molar-refractivity contribution in [2.75, 3.05) is 0 Å². The Morgan fingerprint density at radius 3 is 2.45 bits per heavy atom. The van der Waals surface area contributed by atoms with Gasteiger partial charge >= 0.3 is 0 Å². The highest BCUT2D eigenvalue weighted by Gasteiger charge is 2.65. The van der Waals surface area contributed by atoms with Gasteiger partial charge < -0.3 is 0 Å². The molecule has 0 saturated heterocycles. The van der Waals surface area contributed by atoms with Gasteiger partial charge in [0.15, 0.2) is 0 Å². The molecule has 0 aromatic rings. The van der Waals surface area contributed by atoms with Crippen molar-refractivity contribution in [1.82, 2.24) is 0 Å². The standard InChI is InChI=1S/C11H16/c1-2-11-5-8-3-9(6-11)10(11)4-7(1)8/h7-10H,1-6H2. The van der Waals surface area contributed by atoms with Gasteiger partial charge in [-0.15, -0.1) is 0 Å². The van der Waals surface area contributed by atoms with Gasteiger partial charge in [0.1, 0.15) is 0 Å². The van der Waals surface area contributed by atoms with Crippen LogP contribution in [0.3, 0.4) is 0 Å². The zero-order valence-corrected chi connectivity index (χ0v) is 7.05. The normalized spacial score (nSPS) is 69.8. The molecule has 0 aromatic heterocycles. The molecule has 7 saturated carbocycles. The lowest BCUT2D eigenvalue weighted by Crippen LogP contribution is -2.62. The number of hydrogen-bond donors (Lipinski definition) is 0. The van der Waals surface area contributed by atoms with E-state index in [1.165, 1.54) is 23.7 Å². The molecule has 0 heterocycles. The van der Waals surface area contributed by atoms with Crippen LogP contribution in [0.5, 0.6) is 0 Å². The van der Waals surface area contributed by atoms with Crippen LogP contribution in [0.4, 0.5) is 0 Å². The molecule has 5 atom stereocenters. The van der Waals surface area contributed by atoms with Gasteiger partial charge in [0.2, 0.25) is 0 Å². The molecule has 7 aliphatic carbocycles. The molecular formula is C11H16. The fourth-order valence-electron chi connectivity index (χ4n) is 5.17. The molecule has 0 aromatic carbocycles. The second-order valence-electron chi connectivity index (χ2n) is 5.67. The molecule has 5 bridgehead atoms. The molecular weight excluding hydrogens is 132 g/mol. The van der Waals surface area contributed by atoms with Crippen molar-refractivity contribution < 1.29 is 0 Å². The van der Waals surface area contributed by atoms with Crippen LogP contribution in [0, 0.1) is 29.1 Å². The summed E-state index contributed by atoms with van der Waals surface area (Å²) in [5.74, 6) is 4.84. The maximum absolute atomic E-state index is 1.65. The Morgan fingerprint density at radius 1 is 0.909 bits per heavy atom. The third-order valence-corrected chi connectivity index (χ3v) is 5.53. The molecule has 11 heavy (non-hydrogen) atoms. The first-order valence-corrected chi connectivity index (χ1v) is 5.37. The summed E-state index contributed by atoms with van der Waals surface area (Å²) in [6, 6.07) is 0. The van der Waals surface area contributed by atoms with Gasteiger partial charge in [-0.25, -0.2) is 0 Å². The SMILES string of the molecule is C1CC23CC4CC(C2)C3CC14. The van der Waals surface area contributed by atoms with Crippen molar-refractivity contribution in [3.63, 3.8) is 0 Å². The monoisotopic (exact) mass is 148 g/mol. The molecule has 0 heteroatoms. The molecule has 5 unspecified atom stereocenters. The fraction of sp³-hybridized carbons (Fsp3) is 1.00. The van der Waals surface area contributed by atoms with E-state index in [1.807, 2.05) is 0 Å². The Bertz CT molecular complexity index is 214. The Labute approximate surface area is 68.4 Å². The van der Waals surface area contributed by atoms with Gasteiger partial charge in [0.05, 0.1) is 0 Å². The van der Waals surface area contributed by atoms with Crippen molar-refractivity contribution in [2.24, 2.45) is 29.1 Å². The van der Waals surface area contributed by atoms with Gasteiger partial charge in [0, 0.05) is 0 Å². The van der Waals surface area contributed by atoms with Crippen molar-refractivity contribution in [2.45, 2.75) is 38.5 Å². The molecule has 0 amide bonds. The first-order valence-electron chi connectivity index (χ1n) is 5.37. The second-order valence-corrected chi connectivity index (χ2v) is 5.67. The average Bonchev–Trinajstić information content (AvgIpc) is 2.03. The summed E-state index contributed by atoms with van der Waals surface area (Å²) in [7, 11) is 0. The molecule has 0 radical (unpaired) electrons. The fourth-order valence-corrected chi connectivity index (χ4v) is 5.17. The van der Waals surface area contributed by atoms with E-state index in [4.69, 9.17) is 0 Å². The van der Waals surface area contributed by atoms with Crippen LogP contribution in [-0.2, 0) is 0 Å². The van der Waals surface area contributed by atoms with Gasteiger partial charge in [-0.3, -0.25) is 0 Å². The van der Waals surface area contributed by atoms with E-state index in [9.17, 15) is 0 Å². The molecule has 0 nitrogen and oxygen atoms in total. The minimum atomic E-state index is 0.947. The first-order chi connectivity index (χ1) is 5.37. The molecule has 7 fully saturated rings. The highest BCUT2D eigenvalue weighted by atomic mass is 14.7. The lowest BCUT2D eigenvalue weighted by Gasteiger charge is -2.71. The minimum absolute atomic E-state index is 0.947. The highest BCUT2D eigenvalue weighted by Crippen LogP contribution is 2.74. The maximum atomic E-state index is 1.65. The van der Waals surface area contributed by atoms with E-state index in [2.05, 4.69) is 0 Å². The van der Waals surface area contributed by atoms with E-state index in [1.54, 1.807) is 38.5 Å². The van der Waals surface area contributed by atoms with Crippen LogP contribution in [0.1, 0.15) is 38.5 Å². The smallest absolute Gasteiger partial charge is 0.0261 e. The molecule has 7 aliphatic rings. The van der Waals surface area contributed by atoms with E-state index >= 15 is 0 Å². The molecule has 1 spiro atoms. The zero-order valence-electron chi connectivity index (χ0n) is 7.05. The largest absolute Gasteiger partial charge is 0.0496 e. The van der Waals surface area contributed by atoms with Crippen LogP contribution in [0.25, 0.3) is 0 Å². The van der Waals surface area contributed by atoms with Crippen LogP contribution in [0.2, 0.25) is 0 Å². The predicted molar refractivity (Wildman–Crippen MR) is 44.1 cm³/mol. The molecule has 0 aliphatic heterocycles. The Hall–Kier alpha value is 0. The Morgan fingerprint density at radius 2 is 1.82 bits per heavy atom. The summed E-state index contributed by atoms with van der Waals surface area (Å²) in [6.07, 6.45) is 9.80. The van der Waals surface area contributed by atoms with Gasteiger partial charge in [-0.2, -0.15) is 0 Å². The number of rotatable bonds is 0. The summed E-state index contributed by atoms with van der Waals surface area (Å²) >= 11 is 0. The van der Waals surface area contributed by atoms with Crippen molar-refractivity contribution in [3.8, 4) is 0 Å². The van der Waals surface area contributed by atoms with Crippen molar-refractivity contribution >= 4 is 0 Å². The quantitative estimate of drug-likeness (QED) is 0.495. The Kier molecular flexibility index (Phi) is 0.717. The summed E-state index contributed by atoms with van der Waals surface area (Å²) < 4.78 is 0. The third kappa shape index (κ3) is 0.443. The zero-order chi connectivity index (χ0) is 7.05. The third-order valence-electron chi connectivity index (χ3n) is 5.53. The van der Waals surface area contributed by atoms with Crippen LogP contribution >= 0.6 is 0 Å². The van der Waals surface area contributed by atoms with E-state index < -0.39 is 0 Å². The maximum Gasteiger partial charge on any atom is -0.0261 e. The van der Waals surface area contributed by atoms with Gasteiger partial charge in [-0.1, -0.05) is 0 Å². The number of hydrogen-bond acceptors (Lipinski definition) is 0. The summed E-state index contributed by atoms with van der Waals surface area (Å²) in [5, 5.41) is 0. The molecule has 7 rings (SSSR count). The Balaban J connectivity index is 1.87. The summed E-state index contributed by atoms with van der Waals surface area (Å²) in [4.78, 5) is 0. The average molecular weight is 148 g/mol. The van der Waals surface area contributed by atoms with Gasteiger partial charge in [-0.05, 0) is 67.6 Å². The minimum Gasteiger partial charge on any atom is -0.0496 e. The lowest BCUT2D eigenvalue weighted by atomic mass is 9.33. The van der Waals surface area contributed by atoms with E-state index in [0.29, 0.717) is 0 Å². The van der Waals surface area contributed by atoms with Crippen LogP contribution in [-0.4, -0.2) is 0 Å². The number of fused-ring (bicyclic) bond motifs is 1. The lowest BCUT2D eigenvalue weighted by molar-refractivity contribution is -0.218. The first kappa shape index (κ1) is 5.61. The van der Waals surface area contributed by atoms with Gasteiger partial charge in [0.25, 0.3) is 0 Å². The van der Waals surface area contributed by atoms with Crippen LogP contribution in [0.15, 0.2) is 0 Å². The summed E-state index contributed by atoms with van der Waals surface area (Å²) in [5.41, 5.74) is 0.947. The summed E-state index contributed by atoms with van der Waals surface area (Å²) in [6.45, 7) is 0. The topological polar surface area (TPSA) is 0 Å². The molecule has 0 N–H and O–H groups in total. The second kappa shape index (κ2) is 1.41. The highest BCUT2D eigenvalue weighted by molar-refractivity contribution is 5.14. The van der Waals surface area contributed by atoms with E-state index in [-0.39, 0.29) is 0 Å². The molecule has 60 valence electrons. The van der Waals surface area contributed by atoms with Crippen LogP contribution < -0.4 is 0 Å². The van der Waals surface area contributed by atoms with E-state index in [0.717, 1.165) is 5.41 Å². The predicted octanol–water partition coefficient (Wildman–Crippen LogP) is 2.83. The van der Waals surface area contributed by atoms with Crippen molar-refractivity contribution in [1.29, 1.82) is 0 Å².